The molecule has 0 fully saturated rings. The van der Waals surface area contributed by atoms with Gasteiger partial charge < -0.3 is 29.9 Å². The molecular weight excluding hydrogens is 378 g/mol. The van der Waals surface area contributed by atoms with E-state index < -0.39 is 24.1 Å². The molecule has 0 rings (SSSR count). The van der Waals surface area contributed by atoms with Gasteiger partial charge in [-0.25, -0.2) is 0 Å². The first-order chi connectivity index (χ1) is 11.6. The molecule has 0 aromatic heterocycles. The first-order valence-corrected chi connectivity index (χ1v) is 13.8. The topological polar surface area (TPSA) is 223 Å². The van der Waals surface area contributed by atoms with Crippen molar-refractivity contribution >= 4 is 62.6 Å². The predicted molar refractivity (Wildman–Crippen MR) is 83.0 cm³/mol. The molecule has 0 heterocycles. The molecule has 0 saturated heterocycles. The second kappa shape index (κ2) is 10.5. The average Bonchev–Trinajstić information content (AvgIpc) is 2.55. The molecule has 0 unspecified atom stereocenters. The quantitative estimate of drug-likeness (QED) is 0.0524. The molecule has 0 aromatic rings. The third kappa shape index (κ3) is 4.16. The van der Waals surface area contributed by atoms with Crippen molar-refractivity contribution in [3.05, 3.63) is 10.4 Å². The van der Waals surface area contributed by atoms with Gasteiger partial charge in [-0.1, -0.05) is 4.78 Å². The van der Waals surface area contributed by atoms with Crippen molar-refractivity contribution in [3.63, 3.8) is 0 Å². The average molecular weight is 391 g/mol. The van der Waals surface area contributed by atoms with Gasteiger partial charge in [0.2, 0.25) is 12.8 Å². The molecule has 0 spiro atoms. The van der Waals surface area contributed by atoms with Crippen molar-refractivity contribution in [2.24, 2.45) is 4.78 Å². The summed E-state index contributed by atoms with van der Waals surface area (Å²) in [5.74, 6) is 0. The van der Waals surface area contributed by atoms with E-state index in [2.05, 4.69) is 39.6 Å². The molecular formula is C6H13N9O6Si3. The van der Waals surface area contributed by atoms with E-state index in [1.165, 1.54) is 0 Å². The number of carbonyl (C=O) groups excluding carboxylic acids is 6. The molecule has 0 saturated carbocycles. The van der Waals surface area contributed by atoms with Crippen LogP contribution in [0.5, 0.6) is 0 Å². The Morgan fingerprint density at radius 1 is 0.750 bits per heavy atom. The monoisotopic (exact) mass is 391 g/mol. The number of amides is 6. The van der Waals surface area contributed by atoms with Gasteiger partial charge in [-0.05, 0) is 5.53 Å². The van der Waals surface area contributed by atoms with Crippen molar-refractivity contribution in [3.8, 4) is 0 Å². The summed E-state index contributed by atoms with van der Waals surface area (Å²) in [6.45, 7) is 0. The standard InChI is InChI=1S/C6H13N9O6Si3/c7-14-15-23(10-3-18,11-4-19)24(12-5-20,13-6-21)22(8-1-16)9-2-17/h1-6,22H,(H,8,16)(H,9,17)(H,10,18)(H,11,19)(H,12,20)(H,13,21). The van der Waals surface area contributed by atoms with Gasteiger partial charge in [-0.3, -0.25) is 28.8 Å². The predicted octanol–water partition coefficient (Wildman–Crippen LogP) is -5.47. The summed E-state index contributed by atoms with van der Waals surface area (Å²) in [4.78, 5) is 81.6. The van der Waals surface area contributed by atoms with Crippen LogP contribution in [-0.4, -0.2) is 62.6 Å². The van der Waals surface area contributed by atoms with Crippen LogP contribution < -0.4 is 29.9 Å². The summed E-state index contributed by atoms with van der Waals surface area (Å²) in [6, 6.07) is 0. The molecule has 0 radical (unpaired) electrons. The smallest absolute Gasteiger partial charge is 0.369 e. The minimum Gasteiger partial charge on any atom is -0.369 e. The van der Waals surface area contributed by atoms with E-state index in [0.717, 1.165) is 0 Å². The van der Waals surface area contributed by atoms with Crippen LogP contribution in [0.4, 0.5) is 0 Å². The fourth-order valence-electron chi connectivity index (χ4n) is 1.89. The zero-order valence-electron chi connectivity index (χ0n) is 11.8. The molecule has 0 bridgehead atoms. The lowest BCUT2D eigenvalue weighted by atomic mass is 11.5. The Hall–Kier alpha value is -3.22. The Labute approximate surface area is 137 Å². The SMILES string of the molecule is [N-]=[N+]=N[Si](NC=O)(NC=O)[Si](NC=O)(NC=O)[SiH](NC=O)NC=O. The molecule has 130 valence electrons. The number of carbonyl (C=O) groups is 6. The lowest BCUT2D eigenvalue weighted by Gasteiger charge is -2.43. The van der Waals surface area contributed by atoms with Gasteiger partial charge in [0.15, 0.2) is 25.6 Å². The fraction of sp³-hybridized carbons (Fsp3) is 0. The Kier molecular flexibility index (Phi) is 9.09. The van der Waals surface area contributed by atoms with Crippen molar-refractivity contribution in [1.82, 2.24) is 29.9 Å². The first-order valence-electron chi connectivity index (χ1n) is 5.89. The van der Waals surface area contributed by atoms with E-state index in [0.29, 0.717) is 0 Å². The van der Waals surface area contributed by atoms with E-state index in [4.69, 9.17) is 5.53 Å². The third-order valence-electron chi connectivity index (χ3n) is 2.78. The van der Waals surface area contributed by atoms with Crippen LogP contribution in [0.3, 0.4) is 0 Å². The summed E-state index contributed by atoms with van der Waals surface area (Å²) in [5.41, 5.74) is 8.80. The number of nitrogens with zero attached hydrogens (tertiary/aromatic N) is 3. The maximum absolute atomic E-state index is 11.1. The van der Waals surface area contributed by atoms with Gasteiger partial charge in [0.1, 0.15) is 0 Å². The molecule has 15 nitrogen and oxygen atoms in total. The second-order valence-electron chi connectivity index (χ2n) is 3.76. The number of rotatable bonds is 15. The maximum Gasteiger partial charge on any atom is 0.390 e. The van der Waals surface area contributed by atoms with Gasteiger partial charge in [0.25, 0.3) is 8.64 Å². The Morgan fingerprint density at radius 2 is 1.17 bits per heavy atom. The van der Waals surface area contributed by atoms with E-state index in [-0.39, 0.29) is 38.5 Å². The van der Waals surface area contributed by atoms with Gasteiger partial charge in [-0.2, -0.15) is 0 Å². The van der Waals surface area contributed by atoms with Crippen LogP contribution in [0.1, 0.15) is 0 Å². The van der Waals surface area contributed by atoms with E-state index in [9.17, 15) is 28.8 Å². The van der Waals surface area contributed by atoms with E-state index in [1.807, 2.05) is 0 Å². The highest BCUT2D eigenvalue weighted by atomic mass is 29.6. The Bertz CT molecular complexity index is 512. The number of hydrogen-bond acceptors (Lipinski definition) is 7. The molecule has 18 heteroatoms. The zero-order chi connectivity index (χ0) is 18.5. The Morgan fingerprint density at radius 3 is 1.46 bits per heavy atom. The highest BCUT2D eigenvalue weighted by molar-refractivity contribution is 7.62. The number of nitrogens with one attached hydrogen (secondary N) is 6. The molecule has 24 heavy (non-hydrogen) atoms. The van der Waals surface area contributed by atoms with Crippen LogP contribution in [-0.2, 0) is 28.8 Å². The third-order valence-corrected chi connectivity index (χ3v) is 24.7. The lowest BCUT2D eigenvalue weighted by molar-refractivity contribution is -0.110. The number of hydrogen-bond donors (Lipinski definition) is 6. The maximum atomic E-state index is 11.1. The molecule has 0 aromatic carbocycles. The van der Waals surface area contributed by atoms with Crippen molar-refractivity contribution in [2.75, 3.05) is 0 Å². The molecule has 0 aliphatic carbocycles. The highest BCUT2D eigenvalue weighted by Crippen LogP contribution is 2.11. The Balaban J connectivity index is 6.67. The molecule has 0 aliphatic rings. The molecule has 6 amide bonds. The van der Waals surface area contributed by atoms with Crippen LogP contribution in [0.25, 0.3) is 10.4 Å². The van der Waals surface area contributed by atoms with E-state index in [1.54, 1.807) is 0 Å². The summed E-state index contributed by atoms with van der Waals surface area (Å²) >= 11 is 0. The summed E-state index contributed by atoms with van der Waals surface area (Å²) in [5, 5.41) is 0. The second-order valence-corrected chi connectivity index (χ2v) is 20.3. The van der Waals surface area contributed by atoms with Crippen molar-refractivity contribution in [2.45, 2.75) is 0 Å². The van der Waals surface area contributed by atoms with Crippen LogP contribution >= 0.6 is 0 Å². The minimum absolute atomic E-state index is 0.0887. The lowest BCUT2D eigenvalue weighted by Crippen LogP contribution is -2.97. The van der Waals surface area contributed by atoms with Crippen molar-refractivity contribution < 1.29 is 28.8 Å². The van der Waals surface area contributed by atoms with Gasteiger partial charge in [-0.15, -0.1) is 0 Å². The summed E-state index contributed by atoms with van der Waals surface area (Å²) in [7, 11) is -11.4. The normalized spacial score (nSPS) is 10.2. The largest absolute Gasteiger partial charge is 0.390 e. The molecule has 0 aliphatic heterocycles. The number of azide groups is 1. The molecule has 0 atom stereocenters. The summed E-state index contributed by atoms with van der Waals surface area (Å²) in [6.07, 6.45) is 0.789. The van der Waals surface area contributed by atoms with E-state index >= 15 is 0 Å². The highest BCUT2D eigenvalue weighted by Gasteiger charge is 2.66. The zero-order valence-corrected chi connectivity index (χ0v) is 15.0. The van der Waals surface area contributed by atoms with Gasteiger partial charge in [0, 0.05) is 4.91 Å². The minimum atomic E-state index is -4.21. The van der Waals surface area contributed by atoms with Crippen LogP contribution in [0, 0.1) is 0 Å². The summed E-state index contributed by atoms with van der Waals surface area (Å²) < 4.78 is 3.41. The first kappa shape index (κ1) is 20.8. The van der Waals surface area contributed by atoms with Crippen molar-refractivity contribution in [1.29, 1.82) is 0 Å². The van der Waals surface area contributed by atoms with Crippen LogP contribution in [0.15, 0.2) is 4.78 Å². The van der Waals surface area contributed by atoms with Gasteiger partial charge >= 0.3 is 15.5 Å². The van der Waals surface area contributed by atoms with Crippen LogP contribution in [0.2, 0.25) is 0 Å². The fourth-order valence-corrected chi connectivity index (χ4v) is 21.5. The van der Waals surface area contributed by atoms with Gasteiger partial charge in [0.05, 0.1) is 0 Å². The molecule has 6 N–H and O–H groups in total.